The normalized spacial score (nSPS) is 18.9. The molecule has 0 amide bonds. The SMILES string of the molecule is CCOc1cccc2c1OC[C@H](NS(=O)(=O)c1ccc3c(c1)CCCC3)C2. The van der Waals surface area contributed by atoms with Crippen molar-refractivity contribution in [2.45, 2.75) is 50.0 Å². The summed E-state index contributed by atoms with van der Waals surface area (Å²) in [6, 6.07) is 11.0. The van der Waals surface area contributed by atoms with Crippen molar-refractivity contribution in [1.29, 1.82) is 0 Å². The fourth-order valence-corrected chi connectivity index (χ4v) is 5.17. The predicted molar refractivity (Wildman–Crippen MR) is 104 cm³/mol. The second-order valence-corrected chi connectivity index (χ2v) is 8.86. The van der Waals surface area contributed by atoms with Crippen LogP contribution in [0.25, 0.3) is 0 Å². The monoisotopic (exact) mass is 387 g/mol. The van der Waals surface area contributed by atoms with E-state index in [0.29, 0.717) is 30.3 Å². The van der Waals surface area contributed by atoms with Gasteiger partial charge in [0, 0.05) is 0 Å². The minimum Gasteiger partial charge on any atom is -0.490 e. The Hall–Kier alpha value is -2.05. The Kier molecular flexibility index (Phi) is 5.10. The highest BCUT2D eigenvalue weighted by Gasteiger charge is 2.27. The molecule has 4 rings (SSSR count). The molecule has 5 nitrogen and oxygen atoms in total. The van der Waals surface area contributed by atoms with Crippen LogP contribution in [-0.2, 0) is 29.3 Å². The van der Waals surface area contributed by atoms with E-state index in [1.165, 1.54) is 12.0 Å². The summed E-state index contributed by atoms with van der Waals surface area (Å²) in [4.78, 5) is 0.344. The van der Waals surface area contributed by atoms with Crippen LogP contribution in [0.1, 0.15) is 36.5 Å². The summed E-state index contributed by atoms with van der Waals surface area (Å²) in [5, 5.41) is 0. The first kappa shape index (κ1) is 18.3. The molecule has 0 bridgehead atoms. The smallest absolute Gasteiger partial charge is 0.240 e. The summed E-state index contributed by atoms with van der Waals surface area (Å²) in [5.41, 5.74) is 3.40. The number of nitrogens with one attached hydrogen (secondary N) is 1. The summed E-state index contributed by atoms with van der Waals surface area (Å²) in [6.45, 7) is 2.78. The third-order valence-electron chi connectivity index (χ3n) is 5.21. The van der Waals surface area contributed by atoms with Crippen molar-refractivity contribution in [3.05, 3.63) is 53.1 Å². The van der Waals surface area contributed by atoms with Crippen LogP contribution < -0.4 is 14.2 Å². The molecule has 1 aliphatic heterocycles. The minimum absolute atomic E-state index is 0.293. The zero-order chi connectivity index (χ0) is 18.9. The van der Waals surface area contributed by atoms with Gasteiger partial charge in [-0.2, -0.15) is 0 Å². The number of aryl methyl sites for hydroxylation is 2. The van der Waals surface area contributed by atoms with Gasteiger partial charge in [-0.05, 0) is 73.9 Å². The highest BCUT2D eigenvalue weighted by Crippen LogP contribution is 2.35. The number of para-hydroxylation sites is 1. The van der Waals surface area contributed by atoms with E-state index in [0.717, 1.165) is 36.1 Å². The highest BCUT2D eigenvalue weighted by atomic mass is 32.2. The fourth-order valence-electron chi connectivity index (χ4n) is 3.90. The molecule has 27 heavy (non-hydrogen) atoms. The van der Waals surface area contributed by atoms with Gasteiger partial charge in [0.15, 0.2) is 11.5 Å². The van der Waals surface area contributed by atoms with Crippen molar-refractivity contribution in [2.75, 3.05) is 13.2 Å². The Morgan fingerprint density at radius 3 is 2.74 bits per heavy atom. The van der Waals surface area contributed by atoms with Crippen molar-refractivity contribution in [3.63, 3.8) is 0 Å². The molecule has 1 atom stereocenters. The maximum atomic E-state index is 12.9. The average molecular weight is 388 g/mol. The molecule has 0 saturated heterocycles. The molecule has 1 heterocycles. The molecule has 6 heteroatoms. The summed E-state index contributed by atoms with van der Waals surface area (Å²) in [5.74, 6) is 1.44. The molecular formula is C21H25NO4S. The van der Waals surface area contributed by atoms with E-state index in [2.05, 4.69) is 4.72 Å². The van der Waals surface area contributed by atoms with E-state index in [1.54, 1.807) is 6.07 Å². The molecule has 2 aromatic rings. The molecule has 0 aromatic heterocycles. The lowest BCUT2D eigenvalue weighted by Gasteiger charge is -2.27. The van der Waals surface area contributed by atoms with Crippen LogP contribution in [0.4, 0.5) is 0 Å². The molecule has 0 unspecified atom stereocenters. The van der Waals surface area contributed by atoms with Crippen LogP contribution >= 0.6 is 0 Å². The lowest BCUT2D eigenvalue weighted by molar-refractivity contribution is 0.233. The van der Waals surface area contributed by atoms with Gasteiger partial charge in [0.2, 0.25) is 10.0 Å². The maximum absolute atomic E-state index is 12.9. The molecular weight excluding hydrogens is 362 g/mol. The molecule has 2 aliphatic rings. The lowest BCUT2D eigenvalue weighted by atomic mass is 9.92. The molecule has 0 saturated carbocycles. The second-order valence-electron chi connectivity index (χ2n) is 7.15. The van der Waals surface area contributed by atoms with Gasteiger partial charge in [0.25, 0.3) is 0 Å². The first-order valence-electron chi connectivity index (χ1n) is 9.58. The van der Waals surface area contributed by atoms with E-state index in [1.807, 2.05) is 37.3 Å². The highest BCUT2D eigenvalue weighted by molar-refractivity contribution is 7.89. The number of hydrogen-bond donors (Lipinski definition) is 1. The Balaban J connectivity index is 1.52. The Bertz CT molecular complexity index is 939. The van der Waals surface area contributed by atoms with Crippen molar-refractivity contribution in [1.82, 2.24) is 4.72 Å². The fraction of sp³-hybridized carbons (Fsp3) is 0.429. The quantitative estimate of drug-likeness (QED) is 0.855. The molecule has 144 valence electrons. The van der Waals surface area contributed by atoms with E-state index in [4.69, 9.17) is 9.47 Å². The van der Waals surface area contributed by atoms with Crippen molar-refractivity contribution in [3.8, 4) is 11.5 Å². The van der Waals surface area contributed by atoms with Gasteiger partial charge in [0.05, 0.1) is 17.5 Å². The molecule has 2 aromatic carbocycles. The third kappa shape index (κ3) is 3.82. The second kappa shape index (κ2) is 7.52. The topological polar surface area (TPSA) is 64.6 Å². The van der Waals surface area contributed by atoms with E-state index in [-0.39, 0.29) is 6.04 Å². The van der Waals surface area contributed by atoms with Crippen LogP contribution in [0.3, 0.4) is 0 Å². The van der Waals surface area contributed by atoms with Crippen molar-refractivity contribution in [2.24, 2.45) is 0 Å². The number of benzene rings is 2. The van der Waals surface area contributed by atoms with Gasteiger partial charge in [0.1, 0.15) is 6.61 Å². The zero-order valence-corrected chi connectivity index (χ0v) is 16.3. The van der Waals surface area contributed by atoms with Crippen LogP contribution in [-0.4, -0.2) is 27.7 Å². The van der Waals surface area contributed by atoms with Crippen LogP contribution in [0.2, 0.25) is 0 Å². The van der Waals surface area contributed by atoms with Gasteiger partial charge in [-0.15, -0.1) is 0 Å². The molecule has 1 aliphatic carbocycles. The first-order valence-corrected chi connectivity index (χ1v) is 11.1. The molecule has 0 radical (unpaired) electrons. The predicted octanol–water partition coefficient (Wildman–Crippen LogP) is 3.25. The van der Waals surface area contributed by atoms with Gasteiger partial charge >= 0.3 is 0 Å². The molecule has 1 N–H and O–H groups in total. The van der Waals surface area contributed by atoms with Gasteiger partial charge in [-0.25, -0.2) is 13.1 Å². The van der Waals surface area contributed by atoms with E-state index in [9.17, 15) is 8.42 Å². The Morgan fingerprint density at radius 2 is 1.93 bits per heavy atom. The van der Waals surface area contributed by atoms with E-state index < -0.39 is 10.0 Å². The van der Waals surface area contributed by atoms with E-state index >= 15 is 0 Å². The minimum atomic E-state index is -3.58. The average Bonchev–Trinajstić information content (AvgIpc) is 2.67. The number of rotatable bonds is 5. The van der Waals surface area contributed by atoms with Crippen molar-refractivity contribution < 1.29 is 17.9 Å². The summed E-state index contributed by atoms with van der Waals surface area (Å²) in [7, 11) is -3.58. The number of hydrogen-bond acceptors (Lipinski definition) is 4. The number of ether oxygens (including phenoxy) is 2. The molecule has 0 fully saturated rings. The zero-order valence-electron chi connectivity index (χ0n) is 15.5. The third-order valence-corrected chi connectivity index (χ3v) is 6.73. The Labute approximate surface area is 160 Å². The molecule has 0 spiro atoms. The van der Waals surface area contributed by atoms with Gasteiger partial charge in [-0.1, -0.05) is 18.2 Å². The van der Waals surface area contributed by atoms with Crippen molar-refractivity contribution >= 4 is 10.0 Å². The first-order chi connectivity index (χ1) is 13.1. The largest absolute Gasteiger partial charge is 0.490 e. The van der Waals surface area contributed by atoms with Crippen LogP contribution in [0, 0.1) is 0 Å². The van der Waals surface area contributed by atoms with Gasteiger partial charge in [-0.3, -0.25) is 0 Å². The lowest BCUT2D eigenvalue weighted by Crippen LogP contribution is -2.42. The van der Waals surface area contributed by atoms with Crippen LogP contribution in [0.15, 0.2) is 41.3 Å². The number of fused-ring (bicyclic) bond motifs is 2. The summed E-state index contributed by atoms with van der Waals surface area (Å²) in [6.07, 6.45) is 4.89. The maximum Gasteiger partial charge on any atom is 0.240 e. The summed E-state index contributed by atoms with van der Waals surface area (Å²) >= 11 is 0. The number of sulfonamides is 1. The van der Waals surface area contributed by atoms with Crippen LogP contribution in [0.5, 0.6) is 11.5 Å². The van der Waals surface area contributed by atoms with Gasteiger partial charge < -0.3 is 9.47 Å². The standard InChI is InChI=1S/C21H25NO4S/c1-2-25-20-9-5-8-17-12-18(14-26-21(17)20)22-27(23,24)19-11-10-15-6-3-4-7-16(15)13-19/h5,8-11,13,18,22H,2-4,6-7,12,14H2,1H3/t18-/m1/s1. The Morgan fingerprint density at radius 1 is 1.11 bits per heavy atom. The summed E-state index contributed by atoms with van der Waals surface area (Å²) < 4.78 is 40.0.